The summed E-state index contributed by atoms with van der Waals surface area (Å²) in [5.41, 5.74) is 4.70. The second-order valence-corrected chi connectivity index (χ2v) is 1.90. The van der Waals surface area contributed by atoms with Crippen molar-refractivity contribution >= 4 is 11.8 Å². The Morgan fingerprint density at radius 1 is 1.73 bits per heavy atom. The molecule has 0 saturated heterocycles. The first kappa shape index (κ1) is 9.43. The van der Waals surface area contributed by atoms with Gasteiger partial charge in [-0.25, -0.2) is 0 Å². The van der Waals surface area contributed by atoms with Gasteiger partial charge in [-0.3, -0.25) is 9.59 Å². The highest BCUT2D eigenvalue weighted by atomic mass is 16.2. The number of rotatable bonds is 3. The Balaban J connectivity index is 3.85. The van der Waals surface area contributed by atoms with E-state index in [0.717, 1.165) is 11.3 Å². The van der Waals surface area contributed by atoms with E-state index in [1.54, 1.807) is 6.07 Å². The Morgan fingerprint density at radius 2 is 2.27 bits per heavy atom. The first-order valence-electron chi connectivity index (χ1n) is 2.84. The molecule has 0 aliphatic heterocycles. The van der Waals surface area contributed by atoms with E-state index in [9.17, 15) is 9.59 Å². The van der Waals surface area contributed by atoms with E-state index >= 15 is 0 Å². The molecule has 0 aliphatic rings. The summed E-state index contributed by atoms with van der Waals surface area (Å²) >= 11 is 0. The van der Waals surface area contributed by atoms with Gasteiger partial charge in [0.2, 0.25) is 11.8 Å². The highest BCUT2D eigenvalue weighted by molar-refractivity contribution is 6.07. The zero-order valence-corrected chi connectivity index (χ0v) is 6.07. The van der Waals surface area contributed by atoms with E-state index in [4.69, 9.17) is 11.0 Å². The van der Waals surface area contributed by atoms with E-state index in [0.29, 0.717) is 0 Å². The average Bonchev–Trinajstić information content (AvgIpc) is 1.86. The van der Waals surface area contributed by atoms with Crippen LogP contribution in [0.5, 0.6) is 0 Å². The van der Waals surface area contributed by atoms with Gasteiger partial charge in [0.05, 0.1) is 6.07 Å². The minimum Gasteiger partial charge on any atom is -0.369 e. The lowest BCUT2D eigenvalue weighted by Crippen LogP contribution is -2.31. The summed E-state index contributed by atoms with van der Waals surface area (Å²) in [6.07, 6.45) is 0.733. The van der Waals surface area contributed by atoms with Crippen LogP contribution >= 0.6 is 0 Å². The summed E-state index contributed by atoms with van der Waals surface area (Å²) in [6.45, 7) is -0.0530. The molecule has 0 aromatic carbocycles. The van der Waals surface area contributed by atoms with E-state index in [-0.39, 0.29) is 6.54 Å². The van der Waals surface area contributed by atoms with Gasteiger partial charge in [-0.2, -0.15) is 5.26 Å². The first-order chi connectivity index (χ1) is 5.07. The molecule has 59 valence electrons. The second kappa shape index (κ2) is 4.28. The molecule has 0 bridgehead atoms. The van der Waals surface area contributed by atoms with Gasteiger partial charge in [0, 0.05) is 7.05 Å². The summed E-state index contributed by atoms with van der Waals surface area (Å²) in [5, 5.41) is 8.15. The average molecular weight is 154 g/mol. The molecule has 0 saturated carbocycles. The zero-order valence-electron chi connectivity index (χ0n) is 6.07. The second-order valence-electron chi connectivity index (χ2n) is 1.90. The number of nitrogens with zero attached hydrogens (tertiary/aromatic N) is 2. The normalized spacial score (nSPS) is 8.36. The molecule has 2 amide bonds. The lowest BCUT2D eigenvalue weighted by molar-refractivity contribution is -0.128. The summed E-state index contributed by atoms with van der Waals surface area (Å²) in [5.74, 6) is -1.36. The van der Waals surface area contributed by atoms with Crippen molar-refractivity contribution in [1.82, 2.24) is 4.90 Å². The van der Waals surface area contributed by atoms with E-state index < -0.39 is 11.8 Å². The van der Waals surface area contributed by atoms with Crippen LogP contribution in [-0.4, -0.2) is 30.3 Å². The topological polar surface area (TPSA) is 87.2 Å². The number of amides is 2. The maximum atomic E-state index is 10.8. The Labute approximate surface area is 64.4 Å². The molecule has 5 nitrogen and oxygen atoms in total. The van der Waals surface area contributed by atoms with Crippen LogP contribution in [0.1, 0.15) is 0 Å². The lowest BCUT2D eigenvalue weighted by Gasteiger charge is -2.10. The molecule has 0 aliphatic carbocycles. The molecule has 0 heterocycles. The Kier molecular flexibility index (Phi) is 3.67. The summed E-state index contributed by atoms with van der Waals surface area (Å²) in [6, 6.07) is 1.75. The van der Waals surface area contributed by atoms with Crippen LogP contribution < -0.4 is 5.73 Å². The Hall–Kier alpha value is -1.57. The number of hydrogen-bond acceptors (Lipinski definition) is 3. The fourth-order valence-electron chi connectivity index (χ4n) is 0.416. The van der Waals surface area contributed by atoms with Crippen molar-refractivity contribution in [3.63, 3.8) is 0 Å². The largest absolute Gasteiger partial charge is 0.369 e. The Morgan fingerprint density at radius 3 is 2.64 bits per heavy atom. The SMILES string of the molecule is CN(CC#N)C(=O)[CH]C(N)=O. The molecular weight excluding hydrogens is 146 g/mol. The quantitative estimate of drug-likeness (QED) is 0.403. The molecule has 11 heavy (non-hydrogen) atoms. The van der Waals surface area contributed by atoms with Gasteiger partial charge >= 0.3 is 0 Å². The van der Waals surface area contributed by atoms with Crippen LogP contribution in [0.4, 0.5) is 0 Å². The molecule has 0 fully saturated rings. The van der Waals surface area contributed by atoms with Gasteiger partial charge in [0.1, 0.15) is 13.0 Å². The van der Waals surface area contributed by atoms with Crippen LogP contribution in [0.2, 0.25) is 0 Å². The van der Waals surface area contributed by atoms with Gasteiger partial charge in [0.15, 0.2) is 0 Å². The fraction of sp³-hybridized carbons (Fsp3) is 0.333. The third kappa shape index (κ3) is 3.92. The van der Waals surface area contributed by atoms with Gasteiger partial charge in [-0.15, -0.1) is 0 Å². The molecule has 0 aromatic rings. The highest BCUT2D eigenvalue weighted by Gasteiger charge is 2.10. The van der Waals surface area contributed by atoms with Crippen LogP contribution in [0.25, 0.3) is 0 Å². The van der Waals surface area contributed by atoms with Crippen LogP contribution in [-0.2, 0) is 9.59 Å². The lowest BCUT2D eigenvalue weighted by atomic mass is 10.3. The van der Waals surface area contributed by atoms with Gasteiger partial charge in [-0.05, 0) is 0 Å². The third-order valence-electron chi connectivity index (χ3n) is 0.950. The third-order valence-corrected chi connectivity index (χ3v) is 0.950. The van der Waals surface area contributed by atoms with Gasteiger partial charge < -0.3 is 10.6 Å². The maximum absolute atomic E-state index is 10.8. The molecule has 5 heteroatoms. The van der Waals surface area contributed by atoms with Crippen LogP contribution in [0.15, 0.2) is 0 Å². The van der Waals surface area contributed by atoms with Crippen LogP contribution in [0.3, 0.4) is 0 Å². The number of carbonyl (C=O) groups excluding carboxylic acids is 2. The van der Waals surface area contributed by atoms with Gasteiger partial charge in [-0.1, -0.05) is 0 Å². The zero-order chi connectivity index (χ0) is 8.85. The molecule has 0 aromatic heterocycles. The molecule has 0 spiro atoms. The molecule has 0 unspecified atom stereocenters. The number of nitrogens with two attached hydrogens (primary N) is 1. The molecule has 0 rings (SSSR count). The Bertz CT molecular complexity index is 206. The van der Waals surface area contributed by atoms with E-state index in [2.05, 4.69) is 0 Å². The smallest absolute Gasteiger partial charge is 0.237 e. The molecular formula is C6H8N3O2. The molecule has 1 radical (unpaired) electrons. The monoisotopic (exact) mass is 154 g/mol. The maximum Gasteiger partial charge on any atom is 0.237 e. The van der Waals surface area contributed by atoms with Crippen molar-refractivity contribution in [3.05, 3.63) is 6.42 Å². The summed E-state index contributed by atoms with van der Waals surface area (Å²) in [7, 11) is 1.41. The van der Waals surface area contributed by atoms with Crippen molar-refractivity contribution in [3.8, 4) is 6.07 Å². The summed E-state index contributed by atoms with van der Waals surface area (Å²) in [4.78, 5) is 22.0. The molecule has 2 N–H and O–H groups in total. The van der Waals surface area contributed by atoms with Crippen molar-refractivity contribution in [2.75, 3.05) is 13.6 Å². The predicted octanol–water partition coefficient (Wildman–Crippen LogP) is -1.34. The number of nitriles is 1. The highest BCUT2D eigenvalue weighted by Crippen LogP contribution is 1.86. The first-order valence-corrected chi connectivity index (χ1v) is 2.84. The van der Waals surface area contributed by atoms with Crippen LogP contribution in [0, 0.1) is 17.8 Å². The minimum atomic E-state index is -0.806. The van der Waals surface area contributed by atoms with Crippen molar-refractivity contribution in [2.45, 2.75) is 0 Å². The summed E-state index contributed by atoms with van der Waals surface area (Å²) < 4.78 is 0. The number of primary amides is 1. The minimum absolute atomic E-state index is 0.0530. The van der Waals surface area contributed by atoms with Crippen molar-refractivity contribution in [2.24, 2.45) is 5.73 Å². The van der Waals surface area contributed by atoms with Crippen molar-refractivity contribution in [1.29, 1.82) is 5.26 Å². The fourth-order valence-corrected chi connectivity index (χ4v) is 0.416. The standard InChI is InChI=1S/C6H8N3O2/c1-9(3-2-7)6(11)4-5(8)10/h4H,3H2,1H3,(H2,8,10). The predicted molar refractivity (Wildman–Crippen MR) is 36.7 cm³/mol. The van der Waals surface area contributed by atoms with E-state index in [1.165, 1.54) is 7.05 Å². The van der Waals surface area contributed by atoms with Crippen molar-refractivity contribution < 1.29 is 9.59 Å². The number of carbonyl (C=O) groups is 2. The van der Waals surface area contributed by atoms with Gasteiger partial charge in [0.25, 0.3) is 0 Å². The molecule has 0 atom stereocenters. The number of hydrogen-bond donors (Lipinski definition) is 1. The van der Waals surface area contributed by atoms with E-state index in [1.807, 2.05) is 0 Å².